The molecule has 2 aromatic rings. The maximum absolute atomic E-state index is 12.0. The Morgan fingerprint density at radius 2 is 2.07 bits per heavy atom. The standard InChI is InChI=1S/C22H27N3O2/c1-25-19-11-17(20(27-2)12-16(19)13-21(25)26)14-24-18-9-6-10-23-22(18)15-7-4-3-5-8-15/h3-5,7-8,11-12,18,22-24H,6,9-10,13-14H2,1-2H3/t18-,22-/m0/s1. The van der Waals surface area contributed by atoms with Gasteiger partial charge in [-0.2, -0.15) is 0 Å². The minimum atomic E-state index is 0.137. The average molecular weight is 365 g/mol. The van der Waals surface area contributed by atoms with Crippen LogP contribution in [0.5, 0.6) is 5.75 Å². The van der Waals surface area contributed by atoms with Gasteiger partial charge in [0.2, 0.25) is 5.91 Å². The van der Waals surface area contributed by atoms with E-state index in [1.165, 1.54) is 12.0 Å². The van der Waals surface area contributed by atoms with Gasteiger partial charge in [-0.3, -0.25) is 4.79 Å². The zero-order chi connectivity index (χ0) is 18.8. The Morgan fingerprint density at radius 1 is 1.26 bits per heavy atom. The molecule has 0 unspecified atom stereocenters. The van der Waals surface area contributed by atoms with Crippen molar-refractivity contribution < 1.29 is 9.53 Å². The Morgan fingerprint density at radius 3 is 2.85 bits per heavy atom. The normalized spacial score (nSPS) is 22.0. The van der Waals surface area contributed by atoms with Gasteiger partial charge in [0, 0.05) is 36.9 Å². The van der Waals surface area contributed by atoms with Crippen LogP contribution in [0.25, 0.3) is 0 Å². The summed E-state index contributed by atoms with van der Waals surface area (Å²) in [5.74, 6) is 0.988. The van der Waals surface area contributed by atoms with Crippen molar-refractivity contribution in [1.29, 1.82) is 0 Å². The Labute approximate surface area is 160 Å². The largest absolute Gasteiger partial charge is 0.496 e. The van der Waals surface area contributed by atoms with Crippen molar-refractivity contribution in [1.82, 2.24) is 10.6 Å². The van der Waals surface area contributed by atoms with Crippen LogP contribution in [0, 0.1) is 0 Å². The van der Waals surface area contributed by atoms with E-state index in [9.17, 15) is 4.79 Å². The molecule has 2 N–H and O–H groups in total. The van der Waals surface area contributed by atoms with E-state index in [0.29, 0.717) is 25.0 Å². The van der Waals surface area contributed by atoms with Gasteiger partial charge in [0.25, 0.3) is 0 Å². The van der Waals surface area contributed by atoms with E-state index in [4.69, 9.17) is 4.74 Å². The minimum Gasteiger partial charge on any atom is -0.496 e. The zero-order valence-electron chi connectivity index (χ0n) is 16.0. The quantitative estimate of drug-likeness (QED) is 0.856. The summed E-state index contributed by atoms with van der Waals surface area (Å²) < 4.78 is 5.61. The molecule has 2 aliphatic heterocycles. The number of carbonyl (C=O) groups excluding carboxylic acids is 1. The van der Waals surface area contributed by atoms with Gasteiger partial charge in [-0.1, -0.05) is 30.3 Å². The van der Waals surface area contributed by atoms with Gasteiger partial charge in [0.05, 0.1) is 13.5 Å². The Bertz CT molecular complexity index is 822. The summed E-state index contributed by atoms with van der Waals surface area (Å²) in [6.07, 6.45) is 2.76. The summed E-state index contributed by atoms with van der Waals surface area (Å²) in [6, 6.07) is 15.4. The number of amides is 1. The highest BCUT2D eigenvalue weighted by Gasteiger charge is 2.28. The molecular weight excluding hydrogens is 338 g/mol. The van der Waals surface area contributed by atoms with E-state index in [2.05, 4.69) is 47.0 Å². The molecule has 2 atom stereocenters. The minimum absolute atomic E-state index is 0.137. The predicted molar refractivity (Wildman–Crippen MR) is 107 cm³/mol. The number of anilines is 1. The Balaban J connectivity index is 1.53. The fourth-order valence-electron chi connectivity index (χ4n) is 4.21. The van der Waals surface area contributed by atoms with E-state index < -0.39 is 0 Å². The number of fused-ring (bicyclic) bond motifs is 1. The molecular formula is C22H27N3O2. The fourth-order valence-corrected chi connectivity index (χ4v) is 4.21. The first kappa shape index (κ1) is 18.0. The van der Waals surface area contributed by atoms with E-state index in [-0.39, 0.29) is 5.91 Å². The molecule has 1 fully saturated rings. The summed E-state index contributed by atoms with van der Waals surface area (Å²) in [6.45, 7) is 1.76. The highest BCUT2D eigenvalue weighted by molar-refractivity contribution is 6.01. The summed E-state index contributed by atoms with van der Waals surface area (Å²) in [7, 11) is 3.54. The number of nitrogens with zero attached hydrogens (tertiary/aromatic N) is 1. The predicted octanol–water partition coefficient (Wildman–Crippen LogP) is 2.80. The number of carbonyl (C=O) groups is 1. The number of ether oxygens (including phenoxy) is 1. The van der Waals surface area contributed by atoms with Crippen LogP contribution in [0.2, 0.25) is 0 Å². The molecule has 2 aromatic carbocycles. The molecule has 5 nitrogen and oxygen atoms in total. The van der Waals surface area contributed by atoms with Crippen molar-refractivity contribution >= 4 is 11.6 Å². The number of benzene rings is 2. The van der Waals surface area contributed by atoms with Crippen LogP contribution in [-0.2, 0) is 17.8 Å². The molecule has 0 saturated carbocycles. The number of methoxy groups -OCH3 is 1. The second-order valence-electron chi connectivity index (χ2n) is 7.39. The molecule has 2 heterocycles. The molecule has 0 radical (unpaired) electrons. The first-order valence-electron chi connectivity index (χ1n) is 9.65. The number of hydrogen-bond acceptors (Lipinski definition) is 4. The first-order valence-corrected chi connectivity index (χ1v) is 9.65. The monoisotopic (exact) mass is 365 g/mol. The summed E-state index contributed by atoms with van der Waals surface area (Å²) in [4.78, 5) is 13.8. The summed E-state index contributed by atoms with van der Waals surface area (Å²) in [5.41, 5.74) is 4.46. The zero-order valence-corrected chi connectivity index (χ0v) is 16.0. The van der Waals surface area contributed by atoms with Crippen LogP contribution in [0.15, 0.2) is 42.5 Å². The van der Waals surface area contributed by atoms with Crippen molar-refractivity contribution in [2.45, 2.75) is 37.9 Å². The lowest BCUT2D eigenvalue weighted by Crippen LogP contribution is -2.45. The molecule has 0 spiro atoms. The van der Waals surface area contributed by atoms with Crippen molar-refractivity contribution in [2.75, 3.05) is 25.6 Å². The Kier molecular flexibility index (Phi) is 5.14. The second-order valence-corrected chi connectivity index (χ2v) is 7.39. The first-order chi connectivity index (χ1) is 13.2. The van der Waals surface area contributed by atoms with Crippen molar-refractivity contribution in [3.63, 3.8) is 0 Å². The van der Waals surface area contributed by atoms with Crippen LogP contribution >= 0.6 is 0 Å². The molecule has 0 bridgehead atoms. The Hall–Kier alpha value is -2.37. The van der Waals surface area contributed by atoms with Crippen LogP contribution in [-0.4, -0.2) is 32.7 Å². The topological polar surface area (TPSA) is 53.6 Å². The molecule has 5 heteroatoms. The van der Waals surface area contributed by atoms with Gasteiger partial charge < -0.3 is 20.3 Å². The molecule has 1 saturated heterocycles. The van der Waals surface area contributed by atoms with Gasteiger partial charge in [-0.05, 0) is 42.6 Å². The van der Waals surface area contributed by atoms with Crippen LogP contribution in [0.3, 0.4) is 0 Å². The van der Waals surface area contributed by atoms with E-state index in [0.717, 1.165) is 35.5 Å². The highest BCUT2D eigenvalue weighted by Crippen LogP contribution is 2.34. The van der Waals surface area contributed by atoms with Crippen LogP contribution in [0.1, 0.15) is 35.6 Å². The van der Waals surface area contributed by atoms with E-state index >= 15 is 0 Å². The smallest absolute Gasteiger partial charge is 0.231 e. The van der Waals surface area contributed by atoms with Gasteiger partial charge in [0.15, 0.2) is 0 Å². The lowest BCUT2D eigenvalue weighted by Gasteiger charge is -2.34. The third-order valence-electron chi connectivity index (χ3n) is 5.73. The fraction of sp³-hybridized carbons (Fsp3) is 0.409. The number of hydrogen-bond donors (Lipinski definition) is 2. The number of likely N-dealkylation sites (N-methyl/N-ethyl adjacent to an activating group) is 1. The third kappa shape index (κ3) is 3.57. The molecule has 4 rings (SSSR count). The van der Waals surface area contributed by atoms with Gasteiger partial charge in [0.1, 0.15) is 5.75 Å². The maximum Gasteiger partial charge on any atom is 0.231 e. The van der Waals surface area contributed by atoms with E-state index in [1.54, 1.807) is 12.0 Å². The van der Waals surface area contributed by atoms with E-state index in [1.807, 2.05) is 13.1 Å². The lowest BCUT2D eigenvalue weighted by molar-refractivity contribution is -0.117. The number of piperidine rings is 1. The molecule has 0 aromatic heterocycles. The maximum atomic E-state index is 12.0. The van der Waals surface area contributed by atoms with Gasteiger partial charge >= 0.3 is 0 Å². The van der Waals surface area contributed by atoms with Crippen molar-refractivity contribution in [3.05, 3.63) is 59.2 Å². The highest BCUT2D eigenvalue weighted by atomic mass is 16.5. The summed E-state index contributed by atoms with van der Waals surface area (Å²) in [5, 5.41) is 7.39. The molecule has 27 heavy (non-hydrogen) atoms. The number of nitrogens with one attached hydrogen (secondary N) is 2. The van der Waals surface area contributed by atoms with Crippen molar-refractivity contribution in [2.24, 2.45) is 0 Å². The SMILES string of the molecule is COc1cc2c(cc1CN[C@H]1CCCN[C@H]1c1ccccc1)N(C)C(=O)C2. The second kappa shape index (κ2) is 7.71. The molecule has 2 aliphatic rings. The molecule has 1 amide bonds. The van der Waals surface area contributed by atoms with Gasteiger partial charge in [-0.15, -0.1) is 0 Å². The van der Waals surface area contributed by atoms with Crippen LogP contribution < -0.4 is 20.3 Å². The lowest BCUT2D eigenvalue weighted by atomic mass is 9.92. The summed E-state index contributed by atoms with van der Waals surface area (Å²) >= 11 is 0. The number of rotatable bonds is 5. The average Bonchev–Trinajstić information content (AvgIpc) is 2.99. The van der Waals surface area contributed by atoms with Crippen molar-refractivity contribution in [3.8, 4) is 5.75 Å². The van der Waals surface area contributed by atoms with Crippen LogP contribution in [0.4, 0.5) is 5.69 Å². The molecule has 0 aliphatic carbocycles. The third-order valence-corrected chi connectivity index (χ3v) is 5.73. The molecule has 142 valence electrons. The van der Waals surface area contributed by atoms with Gasteiger partial charge in [-0.25, -0.2) is 0 Å².